The molecule has 0 spiro atoms. The number of rotatable bonds is 6. The summed E-state index contributed by atoms with van der Waals surface area (Å²) >= 11 is 1.54. The fourth-order valence-electron chi connectivity index (χ4n) is 1.59. The van der Waals surface area contributed by atoms with Crippen molar-refractivity contribution >= 4 is 11.8 Å². The van der Waals surface area contributed by atoms with Gasteiger partial charge >= 0.3 is 0 Å². The second-order valence-electron chi connectivity index (χ2n) is 5.77. The molecule has 0 saturated carbocycles. The first-order chi connectivity index (χ1) is 9.91. The van der Waals surface area contributed by atoms with Crippen LogP contribution >= 0.6 is 11.8 Å². The topological polar surface area (TPSA) is 78.9 Å². The van der Waals surface area contributed by atoms with Crippen molar-refractivity contribution < 1.29 is 9.26 Å². The van der Waals surface area contributed by atoms with Crippen LogP contribution in [-0.2, 0) is 16.7 Å². The molecule has 21 heavy (non-hydrogen) atoms. The van der Waals surface area contributed by atoms with Gasteiger partial charge in [0.15, 0.2) is 11.0 Å². The summed E-state index contributed by atoms with van der Waals surface area (Å²) in [6, 6.07) is 0. The fourth-order valence-corrected chi connectivity index (χ4v) is 2.47. The van der Waals surface area contributed by atoms with Crippen molar-refractivity contribution in [3.05, 3.63) is 18.0 Å². The summed E-state index contributed by atoms with van der Waals surface area (Å²) in [6.07, 6.45) is 1.70. The lowest BCUT2D eigenvalue weighted by molar-refractivity contribution is 0.184. The summed E-state index contributed by atoms with van der Waals surface area (Å²) in [5.41, 5.74) is -0.120. The van der Waals surface area contributed by atoms with E-state index in [0.717, 1.165) is 11.7 Å². The smallest absolute Gasteiger partial charge is 0.239 e. The average Bonchev–Trinajstić information content (AvgIpc) is 3.04. The lowest BCUT2D eigenvalue weighted by Gasteiger charge is -2.11. The molecule has 2 heterocycles. The molecule has 0 aliphatic rings. The van der Waals surface area contributed by atoms with E-state index in [-0.39, 0.29) is 10.7 Å². The Morgan fingerprint density at radius 1 is 1.43 bits per heavy atom. The molecule has 8 heteroatoms. The summed E-state index contributed by atoms with van der Waals surface area (Å²) < 4.78 is 12.4. The number of aromatic nitrogens is 5. The van der Waals surface area contributed by atoms with Crippen LogP contribution < -0.4 is 0 Å². The molecule has 0 radical (unpaired) electrons. The zero-order chi connectivity index (χ0) is 15.5. The summed E-state index contributed by atoms with van der Waals surface area (Å²) in [5, 5.41) is 12.9. The van der Waals surface area contributed by atoms with E-state index in [1.54, 1.807) is 25.2 Å². The zero-order valence-electron chi connectivity index (χ0n) is 13.0. The highest BCUT2D eigenvalue weighted by molar-refractivity contribution is 7.99. The van der Waals surface area contributed by atoms with E-state index in [9.17, 15) is 0 Å². The van der Waals surface area contributed by atoms with Crippen LogP contribution in [0.3, 0.4) is 0 Å². The SMILES string of the molecule is COCCn1cnnc1SC(C)c1nc(C(C)(C)C)no1. The molecule has 0 fully saturated rings. The predicted molar refractivity (Wildman–Crippen MR) is 79.2 cm³/mol. The molecule has 116 valence electrons. The molecule has 1 atom stereocenters. The minimum Gasteiger partial charge on any atom is -0.383 e. The Morgan fingerprint density at radius 2 is 2.19 bits per heavy atom. The van der Waals surface area contributed by atoms with Crippen molar-refractivity contribution in [2.45, 2.75) is 50.1 Å². The number of methoxy groups -OCH3 is 1. The van der Waals surface area contributed by atoms with E-state index in [2.05, 4.69) is 41.1 Å². The van der Waals surface area contributed by atoms with E-state index in [1.807, 2.05) is 11.5 Å². The van der Waals surface area contributed by atoms with Crippen LogP contribution in [0.5, 0.6) is 0 Å². The minimum absolute atomic E-state index is 0.0131. The molecule has 0 aliphatic carbocycles. The van der Waals surface area contributed by atoms with Crippen LogP contribution in [-0.4, -0.2) is 38.6 Å². The molecule has 0 aromatic carbocycles. The van der Waals surface area contributed by atoms with Crippen molar-refractivity contribution in [3.63, 3.8) is 0 Å². The average molecular weight is 311 g/mol. The summed E-state index contributed by atoms with van der Waals surface area (Å²) in [5.74, 6) is 1.32. The van der Waals surface area contributed by atoms with Gasteiger partial charge in [-0.15, -0.1) is 10.2 Å². The van der Waals surface area contributed by atoms with Gasteiger partial charge in [-0.05, 0) is 6.92 Å². The first-order valence-electron chi connectivity index (χ1n) is 6.79. The molecular weight excluding hydrogens is 290 g/mol. The summed E-state index contributed by atoms with van der Waals surface area (Å²) in [7, 11) is 1.67. The monoisotopic (exact) mass is 311 g/mol. The molecule has 2 aromatic heterocycles. The number of thioether (sulfide) groups is 1. The van der Waals surface area contributed by atoms with Gasteiger partial charge < -0.3 is 13.8 Å². The lowest BCUT2D eigenvalue weighted by atomic mass is 9.96. The summed E-state index contributed by atoms with van der Waals surface area (Å²) in [6.45, 7) is 9.52. The van der Waals surface area contributed by atoms with Crippen molar-refractivity contribution in [1.82, 2.24) is 24.9 Å². The number of ether oxygens (including phenoxy) is 1. The van der Waals surface area contributed by atoms with E-state index in [0.29, 0.717) is 18.3 Å². The Hall–Kier alpha value is -1.41. The molecule has 0 aliphatic heterocycles. The normalized spacial score (nSPS) is 13.6. The third-order valence-electron chi connectivity index (χ3n) is 2.86. The van der Waals surface area contributed by atoms with Crippen molar-refractivity contribution in [2.24, 2.45) is 0 Å². The van der Waals surface area contributed by atoms with E-state index in [1.165, 1.54) is 0 Å². The van der Waals surface area contributed by atoms with Crippen LogP contribution in [0.25, 0.3) is 0 Å². The second-order valence-corrected chi connectivity index (χ2v) is 7.07. The fraction of sp³-hybridized carbons (Fsp3) is 0.692. The van der Waals surface area contributed by atoms with Crippen LogP contribution in [0, 0.1) is 0 Å². The Labute approximate surface area is 128 Å². The first kappa shape index (κ1) is 16.0. The molecular formula is C13H21N5O2S. The Kier molecular flexibility index (Phi) is 5.00. The van der Waals surface area contributed by atoms with Gasteiger partial charge in [0.25, 0.3) is 0 Å². The molecule has 1 unspecified atom stereocenters. The highest BCUT2D eigenvalue weighted by Gasteiger charge is 2.24. The van der Waals surface area contributed by atoms with Gasteiger partial charge in [-0.25, -0.2) is 0 Å². The number of hydrogen-bond acceptors (Lipinski definition) is 7. The van der Waals surface area contributed by atoms with Crippen LogP contribution in [0.2, 0.25) is 0 Å². The number of nitrogens with zero attached hydrogens (tertiary/aromatic N) is 5. The molecule has 2 aromatic rings. The van der Waals surface area contributed by atoms with Gasteiger partial charge in [0.05, 0.1) is 11.9 Å². The maximum absolute atomic E-state index is 5.36. The number of hydrogen-bond donors (Lipinski definition) is 0. The summed E-state index contributed by atoms with van der Waals surface area (Å²) in [4.78, 5) is 4.47. The van der Waals surface area contributed by atoms with Crippen LogP contribution in [0.15, 0.2) is 16.0 Å². The van der Waals surface area contributed by atoms with E-state index in [4.69, 9.17) is 9.26 Å². The van der Waals surface area contributed by atoms with Gasteiger partial charge in [0.1, 0.15) is 6.33 Å². The molecule has 0 bridgehead atoms. The predicted octanol–water partition coefficient (Wildman–Crippen LogP) is 2.46. The first-order valence-corrected chi connectivity index (χ1v) is 7.67. The highest BCUT2D eigenvalue weighted by Crippen LogP contribution is 2.33. The second kappa shape index (κ2) is 6.57. The van der Waals surface area contributed by atoms with Gasteiger partial charge in [-0.1, -0.05) is 37.7 Å². The highest BCUT2D eigenvalue weighted by atomic mass is 32.2. The molecule has 0 amide bonds. The van der Waals surface area contributed by atoms with Crippen molar-refractivity contribution in [2.75, 3.05) is 13.7 Å². The molecule has 2 rings (SSSR count). The Morgan fingerprint density at radius 3 is 2.81 bits per heavy atom. The van der Waals surface area contributed by atoms with Crippen LogP contribution in [0.4, 0.5) is 0 Å². The van der Waals surface area contributed by atoms with Gasteiger partial charge in [0.2, 0.25) is 5.89 Å². The van der Waals surface area contributed by atoms with Crippen LogP contribution in [0.1, 0.15) is 44.7 Å². The van der Waals surface area contributed by atoms with Gasteiger partial charge in [-0.2, -0.15) is 4.98 Å². The van der Waals surface area contributed by atoms with Crippen molar-refractivity contribution in [1.29, 1.82) is 0 Å². The van der Waals surface area contributed by atoms with Gasteiger partial charge in [0, 0.05) is 19.1 Å². The zero-order valence-corrected chi connectivity index (χ0v) is 13.8. The molecule has 0 N–H and O–H groups in total. The van der Waals surface area contributed by atoms with E-state index < -0.39 is 0 Å². The molecule has 7 nitrogen and oxygen atoms in total. The Bertz CT molecular complexity index is 575. The standard InChI is InChI=1S/C13H21N5O2S/c1-9(10-15-11(17-20-10)13(2,3)4)21-12-16-14-8-18(12)6-7-19-5/h8-9H,6-7H2,1-5H3. The quantitative estimate of drug-likeness (QED) is 0.758. The molecule has 0 saturated heterocycles. The third-order valence-corrected chi connectivity index (χ3v) is 3.94. The van der Waals surface area contributed by atoms with E-state index >= 15 is 0 Å². The maximum atomic E-state index is 5.36. The van der Waals surface area contributed by atoms with Crippen molar-refractivity contribution in [3.8, 4) is 0 Å². The lowest BCUT2D eigenvalue weighted by Crippen LogP contribution is -2.13. The third kappa shape index (κ3) is 4.04. The minimum atomic E-state index is -0.120. The maximum Gasteiger partial charge on any atom is 0.239 e. The largest absolute Gasteiger partial charge is 0.383 e. The Balaban J connectivity index is 2.06. The van der Waals surface area contributed by atoms with Gasteiger partial charge in [-0.3, -0.25) is 0 Å².